The Morgan fingerprint density at radius 2 is 2.07 bits per heavy atom. The lowest BCUT2D eigenvalue weighted by Crippen LogP contribution is -2.35. The molecule has 0 spiro atoms. The Labute approximate surface area is 92.0 Å². The molecular weight excluding hydrogens is 190 g/mol. The van der Waals surface area contributed by atoms with Crippen molar-refractivity contribution in [2.75, 3.05) is 7.11 Å². The van der Waals surface area contributed by atoms with Gasteiger partial charge in [0.25, 0.3) is 0 Å². The van der Waals surface area contributed by atoms with Crippen LogP contribution < -0.4 is 0 Å². The first-order valence-electron chi connectivity index (χ1n) is 5.53. The largest absolute Gasteiger partial charge is 0.495 e. The van der Waals surface area contributed by atoms with Crippen molar-refractivity contribution in [1.29, 1.82) is 5.41 Å². The average molecular weight is 211 g/mol. The highest BCUT2D eigenvalue weighted by Gasteiger charge is 2.29. The molecule has 0 aromatic rings. The second kappa shape index (κ2) is 5.91. The van der Waals surface area contributed by atoms with Gasteiger partial charge in [-0.1, -0.05) is 6.92 Å². The predicted octanol–water partition coefficient (Wildman–Crippen LogP) is 2.76. The molecule has 1 aliphatic carbocycles. The minimum absolute atomic E-state index is 0.154. The Bertz CT molecular complexity index is 238. The topological polar surface area (TPSA) is 42.3 Å². The van der Waals surface area contributed by atoms with E-state index in [0.29, 0.717) is 5.71 Å². The summed E-state index contributed by atoms with van der Waals surface area (Å²) < 4.78 is 11.0. The number of ether oxygens (including phenoxy) is 2. The number of hydrogen-bond donors (Lipinski definition) is 1. The third-order valence-corrected chi connectivity index (χ3v) is 2.87. The molecule has 0 amide bonds. The Morgan fingerprint density at radius 1 is 1.33 bits per heavy atom. The lowest BCUT2D eigenvalue weighted by molar-refractivity contribution is -0.0543. The fourth-order valence-corrected chi connectivity index (χ4v) is 1.95. The van der Waals surface area contributed by atoms with Crippen molar-refractivity contribution in [3.05, 3.63) is 12.3 Å². The molecule has 1 unspecified atom stereocenters. The highest BCUT2D eigenvalue weighted by atomic mass is 16.5. The number of nitrogens with one attached hydrogen (secondary N) is 1. The molecule has 1 rings (SSSR count). The van der Waals surface area contributed by atoms with Gasteiger partial charge in [0, 0.05) is 12.8 Å². The van der Waals surface area contributed by atoms with Crippen molar-refractivity contribution in [1.82, 2.24) is 0 Å². The smallest absolute Gasteiger partial charge is 0.124 e. The van der Waals surface area contributed by atoms with Gasteiger partial charge in [-0.15, -0.1) is 0 Å². The molecule has 3 atom stereocenters. The van der Waals surface area contributed by atoms with E-state index in [-0.39, 0.29) is 12.2 Å². The van der Waals surface area contributed by atoms with Gasteiger partial charge in [0.1, 0.15) is 6.10 Å². The van der Waals surface area contributed by atoms with Gasteiger partial charge in [-0.25, -0.2) is 0 Å². The summed E-state index contributed by atoms with van der Waals surface area (Å²) in [6, 6.07) is 0. The Kier molecular flexibility index (Phi) is 4.82. The van der Waals surface area contributed by atoms with Gasteiger partial charge in [-0.3, -0.25) is 0 Å². The summed E-state index contributed by atoms with van der Waals surface area (Å²) in [5.74, 6) is 0.725. The van der Waals surface area contributed by atoms with Crippen LogP contribution in [0.5, 0.6) is 0 Å². The molecule has 86 valence electrons. The van der Waals surface area contributed by atoms with Gasteiger partial charge < -0.3 is 14.9 Å². The van der Waals surface area contributed by atoms with Gasteiger partial charge in [-0.2, -0.15) is 0 Å². The molecule has 1 aliphatic rings. The molecule has 0 saturated heterocycles. The summed E-state index contributed by atoms with van der Waals surface area (Å²) >= 11 is 0. The van der Waals surface area contributed by atoms with Crippen molar-refractivity contribution < 1.29 is 9.47 Å². The van der Waals surface area contributed by atoms with Gasteiger partial charge in [0.05, 0.1) is 12.4 Å². The summed E-state index contributed by atoms with van der Waals surface area (Å²) in [7, 11) is 1.74. The van der Waals surface area contributed by atoms with E-state index >= 15 is 0 Å². The molecule has 0 radical (unpaired) electrons. The van der Waals surface area contributed by atoms with E-state index in [2.05, 4.69) is 6.92 Å². The Hall–Kier alpha value is -0.830. The van der Waals surface area contributed by atoms with E-state index in [1.54, 1.807) is 26.4 Å². The second-order valence-electron chi connectivity index (χ2n) is 4.35. The van der Waals surface area contributed by atoms with Crippen LogP contribution in [0.3, 0.4) is 0 Å². The summed E-state index contributed by atoms with van der Waals surface area (Å²) in [6.07, 6.45) is 6.95. The minimum Gasteiger partial charge on any atom is -0.495 e. The second-order valence-corrected chi connectivity index (χ2v) is 4.35. The van der Waals surface area contributed by atoms with Gasteiger partial charge in [0.2, 0.25) is 0 Å². The van der Waals surface area contributed by atoms with Crippen molar-refractivity contribution >= 4 is 5.71 Å². The highest BCUT2D eigenvalue weighted by Crippen LogP contribution is 2.27. The van der Waals surface area contributed by atoms with Crippen molar-refractivity contribution in [3.63, 3.8) is 0 Å². The van der Waals surface area contributed by atoms with Crippen LogP contribution in [0.2, 0.25) is 0 Å². The molecule has 1 N–H and O–H groups in total. The molecule has 0 heterocycles. The first kappa shape index (κ1) is 12.2. The van der Waals surface area contributed by atoms with E-state index in [9.17, 15) is 0 Å². The maximum Gasteiger partial charge on any atom is 0.124 e. The monoisotopic (exact) mass is 211 g/mol. The summed E-state index contributed by atoms with van der Waals surface area (Å²) in [5.41, 5.74) is 0.508. The maximum atomic E-state index is 7.24. The summed E-state index contributed by atoms with van der Waals surface area (Å²) in [4.78, 5) is 0. The predicted molar refractivity (Wildman–Crippen MR) is 61.2 cm³/mol. The normalized spacial score (nSPS) is 31.8. The van der Waals surface area contributed by atoms with Crippen LogP contribution in [0.25, 0.3) is 0 Å². The Morgan fingerprint density at radius 3 is 2.67 bits per heavy atom. The molecule has 3 nitrogen and oxygen atoms in total. The third kappa shape index (κ3) is 4.04. The molecule has 0 bridgehead atoms. The molecule has 0 aromatic heterocycles. The number of hydrogen-bond acceptors (Lipinski definition) is 3. The van der Waals surface area contributed by atoms with E-state index in [1.807, 2.05) is 0 Å². The molecular formula is C12H21NO2. The van der Waals surface area contributed by atoms with Crippen LogP contribution in [0.4, 0.5) is 0 Å². The fraction of sp³-hybridized carbons (Fsp3) is 0.750. The van der Waals surface area contributed by atoms with E-state index < -0.39 is 0 Å². The van der Waals surface area contributed by atoms with E-state index in [4.69, 9.17) is 14.9 Å². The van der Waals surface area contributed by atoms with Crippen LogP contribution in [0.15, 0.2) is 12.3 Å². The molecule has 15 heavy (non-hydrogen) atoms. The first-order valence-corrected chi connectivity index (χ1v) is 5.53. The molecule has 0 aromatic carbocycles. The van der Waals surface area contributed by atoms with Crippen molar-refractivity contribution in [3.8, 4) is 0 Å². The van der Waals surface area contributed by atoms with Gasteiger partial charge in [0.15, 0.2) is 0 Å². The van der Waals surface area contributed by atoms with Gasteiger partial charge >= 0.3 is 0 Å². The quantitative estimate of drug-likeness (QED) is 0.574. The zero-order valence-electron chi connectivity index (χ0n) is 9.82. The standard InChI is InChI=1S/C12H21NO2/c1-9-4-5-11(12(8-9)14-3)15-7-6-10(2)13/h6-7,9,11-13H,4-5,8H2,1-3H3/b7-6-,13-10?/t9-,11+,12?/m1/s1. The minimum atomic E-state index is 0.154. The molecule has 1 saturated carbocycles. The number of methoxy groups -OCH3 is 1. The van der Waals surface area contributed by atoms with Gasteiger partial charge in [-0.05, 0) is 38.2 Å². The molecule has 3 heteroatoms. The third-order valence-electron chi connectivity index (χ3n) is 2.87. The first-order chi connectivity index (χ1) is 7.13. The van der Waals surface area contributed by atoms with Crippen molar-refractivity contribution in [2.24, 2.45) is 5.92 Å². The highest BCUT2D eigenvalue weighted by molar-refractivity contribution is 5.89. The summed E-state index contributed by atoms with van der Waals surface area (Å²) in [5, 5.41) is 7.24. The Balaban J connectivity index is 2.42. The van der Waals surface area contributed by atoms with Crippen molar-refractivity contribution in [2.45, 2.75) is 45.3 Å². The lowest BCUT2D eigenvalue weighted by Gasteiger charge is -2.33. The van der Waals surface area contributed by atoms with Crippen LogP contribution in [-0.2, 0) is 9.47 Å². The van der Waals surface area contributed by atoms with E-state index in [0.717, 1.165) is 18.8 Å². The number of rotatable bonds is 4. The van der Waals surface area contributed by atoms with Crippen LogP contribution >= 0.6 is 0 Å². The maximum absolute atomic E-state index is 7.24. The lowest BCUT2D eigenvalue weighted by atomic mass is 9.86. The van der Waals surface area contributed by atoms with E-state index in [1.165, 1.54) is 6.42 Å². The number of allylic oxidation sites excluding steroid dienone is 1. The SMILES string of the molecule is COC1C[C@H](C)CC[C@@H]1O/C=C\C(C)=N. The van der Waals surface area contributed by atoms with Crippen LogP contribution in [-0.4, -0.2) is 25.0 Å². The van der Waals surface area contributed by atoms with Crippen LogP contribution in [0.1, 0.15) is 33.1 Å². The fourth-order valence-electron chi connectivity index (χ4n) is 1.95. The zero-order chi connectivity index (χ0) is 11.3. The van der Waals surface area contributed by atoms with Crippen LogP contribution in [0, 0.1) is 11.3 Å². The zero-order valence-corrected chi connectivity index (χ0v) is 9.82. The average Bonchev–Trinajstić information content (AvgIpc) is 2.19. The molecule has 0 aliphatic heterocycles. The molecule has 1 fully saturated rings. The summed E-state index contributed by atoms with van der Waals surface area (Å²) in [6.45, 7) is 3.98.